The minimum Gasteiger partial charge on any atom is -0.461 e. The number of rotatable bonds is 5. The Labute approximate surface area is 105 Å². The fourth-order valence-electron chi connectivity index (χ4n) is 1.24. The summed E-state index contributed by atoms with van der Waals surface area (Å²) in [6.45, 7) is 1.60. The lowest BCUT2D eigenvalue weighted by Crippen LogP contribution is -2.21. The minimum atomic E-state index is -3.68. The van der Waals surface area contributed by atoms with Crippen molar-refractivity contribution in [1.29, 1.82) is 0 Å². The number of carbonyl (C=O) groups is 1. The first-order valence-electron chi connectivity index (χ1n) is 5.01. The maximum atomic E-state index is 11.4. The van der Waals surface area contributed by atoms with Crippen LogP contribution in [-0.4, -0.2) is 20.1 Å². The predicted molar refractivity (Wildman–Crippen MR) is 65.0 cm³/mol. The number of hydrogen-bond donors (Lipinski definition) is 0. The Morgan fingerprint density at radius 1 is 1.35 bits per heavy atom. The Hall–Kier alpha value is -1.07. The standard InChI is InChI=1S/C11H13ClO4S/c1-9(8-17(12,14)15)11(13)16-7-10-5-3-2-4-6-10/h2-6,9H,7-8H2,1H3/t9-/m0/s1. The average Bonchev–Trinajstić information content (AvgIpc) is 2.25. The van der Waals surface area contributed by atoms with Gasteiger partial charge in [0.1, 0.15) is 6.61 Å². The maximum absolute atomic E-state index is 11.4. The van der Waals surface area contributed by atoms with Gasteiger partial charge in [-0.2, -0.15) is 0 Å². The van der Waals surface area contributed by atoms with Crippen molar-refractivity contribution in [1.82, 2.24) is 0 Å². The molecule has 0 fully saturated rings. The number of ether oxygens (including phenoxy) is 1. The first-order chi connectivity index (χ1) is 7.88. The fourth-order valence-corrected chi connectivity index (χ4v) is 2.54. The van der Waals surface area contributed by atoms with Crippen molar-refractivity contribution in [2.75, 3.05) is 5.75 Å². The third-order valence-electron chi connectivity index (χ3n) is 2.08. The molecule has 0 N–H and O–H groups in total. The minimum absolute atomic E-state index is 0.131. The van der Waals surface area contributed by atoms with Gasteiger partial charge in [0.25, 0.3) is 0 Å². The molecule has 0 aliphatic carbocycles. The van der Waals surface area contributed by atoms with Crippen LogP contribution in [-0.2, 0) is 25.2 Å². The van der Waals surface area contributed by atoms with Crippen LogP contribution >= 0.6 is 10.7 Å². The predicted octanol–water partition coefficient (Wildman–Crippen LogP) is 1.93. The zero-order valence-electron chi connectivity index (χ0n) is 9.30. The number of halogens is 1. The van der Waals surface area contributed by atoms with Crippen molar-refractivity contribution < 1.29 is 17.9 Å². The number of hydrogen-bond acceptors (Lipinski definition) is 4. The van der Waals surface area contributed by atoms with Crippen molar-refractivity contribution in [2.24, 2.45) is 5.92 Å². The van der Waals surface area contributed by atoms with Crippen molar-refractivity contribution >= 4 is 25.7 Å². The molecule has 0 saturated carbocycles. The van der Waals surface area contributed by atoms with Crippen molar-refractivity contribution in [3.05, 3.63) is 35.9 Å². The van der Waals surface area contributed by atoms with Gasteiger partial charge in [-0.25, -0.2) is 8.42 Å². The van der Waals surface area contributed by atoms with Gasteiger partial charge in [0.05, 0.1) is 11.7 Å². The van der Waals surface area contributed by atoms with E-state index < -0.39 is 26.7 Å². The van der Waals surface area contributed by atoms with E-state index in [1.807, 2.05) is 30.3 Å². The Morgan fingerprint density at radius 2 is 1.94 bits per heavy atom. The van der Waals surface area contributed by atoms with E-state index in [1.54, 1.807) is 0 Å². The highest BCUT2D eigenvalue weighted by Gasteiger charge is 2.21. The van der Waals surface area contributed by atoms with Gasteiger partial charge in [-0.1, -0.05) is 37.3 Å². The molecule has 1 aromatic carbocycles. The second-order valence-corrected chi connectivity index (χ2v) is 6.52. The van der Waals surface area contributed by atoms with E-state index in [2.05, 4.69) is 0 Å². The van der Waals surface area contributed by atoms with Crippen LogP contribution in [0.3, 0.4) is 0 Å². The normalized spacial score (nSPS) is 13.1. The molecule has 0 aliphatic rings. The van der Waals surface area contributed by atoms with Gasteiger partial charge in [-0.05, 0) is 5.56 Å². The second kappa shape index (κ2) is 6.02. The Bertz CT molecular complexity index is 470. The largest absolute Gasteiger partial charge is 0.461 e. The zero-order chi connectivity index (χ0) is 12.9. The molecular weight excluding hydrogens is 264 g/mol. The van der Waals surface area contributed by atoms with E-state index in [-0.39, 0.29) is 6.61 Å². The van der Waals surface area contributed by atoms with Gasteiger partial charge in [-0.15, -0.1) is 0 Å². The quantitative estimate of drug-likeness (QED) is 0.609. The number of esters is 1. The summed E-state index contributed by atoms with van der Waals surface area (Å²) in [5, 5.41) is 0. The van der Waals surface area contributed by atoms with Crippen LogP contribution in [0.25, 0.3) is 0 Å². The highest BCUT2D eigenvalue weighted by molar-refractivity contribution is 8.13. The van der Waals surface area contributed by atoms with E-state index in [4.69, 9.17) is 15.4 Å². The van der Waals surface area contributed by atoms with Gasteiger partial charge < -0.3 is 4.74 Å². The molecule has 1 aromatic rings. The topological polar surface area (TPSA) is 60.4 Å². The summed E-state index contributed by atoms with van der Waals surface area (Å²) in [6.07, 6.45) is 0. The number of benzene rings is 1. The molecule has 0 spiro atoms. The lowest BCUT2D eigenvalue weighted by molar-refractivity contribution is -0.148. The highest BCUT2D eigenvalue weighted by Crippen LogP contribution is 2.09. The summed E-state index contributed by atoms with van der Waals surface area (Å²) >= 11 is 0. The Kier molecular flexibility index (Phi) is 4.96. The van der Waals surface area contributed by atoms with Crippen LogP contribution in [0.15, 0.2) is 30.3 Å². The van der Waals surface area contributed by atoms with Crippen LogP contribution in [0.5, 0.6) is 0 Å². The maximum Gasteiger partial charge on any atom is 0.310 e. The van der Waals surface area contributed by atoms with Crippen LogP contribution in [0.4, 0.5) is 0 Å². The SMILES string of the molecule is C[C@@H](CS(=O)(=O)Cl)C(=O)OCc1ccccc1. The molecule has 0 heterocycles. The molecule has 17 heavy (non-hydrogen) atoms. The van der Waals surface area contributed by atoms with E-state index in [9.17, 15) is 13.2 Å². The van der Waals surface area contributed by atoms with Gasteiger partial charge >= 0.3 is 5.97 Å². The third kappa shape index (κ3) is 5.70. The lowest BCUT2D eigenvalue weighted by atomic mass is 10.2. The second-order valence-electron chi connectivity index (χ2n) is 3.70. The van der Waals surface area contributed by atoms with E-state index >= 15 is 0 Å². The first-order valence-corrected chi connectivity index (χ1v) is 7.49. The third-order valence-corrected chi connectivity index (χ3v) is 3.35. The van der Waals surface area contributed by atoms with Crippen molar-refractivity contribution in [3.63, 3.8) is 0 Å². The summed E-state index contributed by atoms with van der Waals surface area (Å²) in [6, 6.07) is 9.14. The molecular formula is C11H13ClO4S. The summed E-state index contributed by atoms with van der Waals surface area (Å²) in [4.78, 5) is 11.4. The zero-order valence-corrected chi connectivity index (χ0v) is 10.9. The molecule has 6 heteroatoms. The van der Waals surface area contributed by atoms with E-state index in [0.29, 0.717) is 0 Å². The summed E-state index contributed by atoms with van der Waals surface area (Å²) < 4.78 is 26.5. The molecule has 4 nitrogen and oxygen atoms in total. The monoisotopic (exact) mass is 276 g/mol. The fraction of sp³-hybridized carbons (Fsp3) is 0.364. The number of carbonyl (C=O) groups excluding carboxylic acids is 1. The van der Waals surface area contributed by atoms with Gasteiger partial charge in [-0.3, -0.25) is 4.79 Å². The summed E-state index contributed by atoms with van der Waals surface area (Å²) in [7, 11) is 1.37. The molecule has 0 aliphatic heterocycles. The van der Waals surface area contributed by atoms with Crippen LogP contribution in [0.2, 0.25) is 0 Å². The van der Waals surface area contributed by atoms with Gasteiger partial charge in [0.15, 0.2) is 0 Å². The molecule has 0 bridgehead atoms. The first kappa shape index (κ1) is 14.0. The highest BCUT2D eigenvalue weighted by atomic mass is 35.7. The molecule has 94 valence electrons. The molecule has 0 saturated heterocycles. The van der Waals surface area contributed by atoms with Gasteiger partial charge in [0.2, 0.25) is 9.05 Å². The van der Waals surface area contributed by atoms with Crippen LogP contribution in [0.1, 0.15) is 12.5 Å². The molecule has 1 atom stereocenters. The van der Waals surface area contributed by atoms with Crippen molar-refractivity contribution in [2.45, 2.75) is 13.5 Å². The summed E-state index contributed by atoms with van der Waals surface area (Å²) in [5.74, 6) is -1.75. The molecule has 0 unspecified atom stereocenters. The Morgan fingerprint density at radius 3 is 2.47 bits per heavy atom. The summed E-state index contributed by atoms with van der Waals surface area (Å²) in [5.41, 5.74) is 0.849. The van der Waals surface area contributed by atoms with Crippen LogP contribution in [0, 0.1) is 5.92 Å². The smallest absolute Gasteiger partial charge is 0.310 e. The Balaban J connectivity index is 2.45. The van der Waals surface area contributed by atoms with E-state index in [1.165, 1.54) is 6.92 Å². The molecule has 1 rings (SSSR count). The van der Waals surface area contributed by atoms with E-state index in [0.717, 1.165) is 5.56 Å². The average molecular weight is 277 g/mol. The van der Waals surface area contributed by atoms with Crippen LogP contribution < -0.4 is 0 Å². The molecule has 0 amide bonds. The lowest BCUT2D eigenvalue weighted by Gasteiger charge is -2.09. The molecule has 0 aromatic heterocycles. The van der Waals surface area contributed by atoms with Gasteiger partial charge in [0, 0.05) is 10.7 Å². The van der Waals surface area contributed by atoms with Crippen molar-refractivity contribution in [3.8, 4) is 0 Å². The molecule has 0 radical (unpaired) electrons.